The van der Waals surface area contributed by atoms with Crippen LogP contribution in [0, 0.1) is 0 Å². The van der Waals surface area contributed by atoms with Crippen molar-refractivity contribution in [1.29, 1.82) is 0 Å². The summed E-state index contributed by atoms with van der Waals surface area (Å²) >= 11 is 9.27. The molecule has 0 amide bonds. The molecule has 3 heteroatoms. The summed E-state index contributed by atoms with van der Waals surface area (Å²) in [4.78, 5) is 0.443. The molecular weight excluding hydrogens is 189 g/mol. The molecule has 0 radical (unpaired) electrons. The zero-order valence-corrected chi connectivity index (χ0v) is 6.87. The van der Waals surface area contributed by atoms with Crippen molar-refractivity contribution in [3.05, 3.63) is 0 Å². The van der Waals surface area contributed by atoms with Crippen LogP contribution in [0.4, 0.5) is 0 Å². The Morgan fingerprint density at radius 3 is 2.75 bits per heavy atom. The van der Waals surface area contributed by atoms with Gasteiger partial charge >= 0.3 is 0 Å². The summed E-state index contributed by atoms with van der Waals surface area (Å²) in [6.45, 7) is 1.05. The van der Waals surface area contributed by atoms with Crippen LogP contribution in [0.15, 0.2) is 0 Å². The molecule has 0 aromatic carbocycles. The average Bonchev–Trinajstić information content (AvgIpc) is 1.64. The van der Waals surface area contributed by atoms with Crippen LogP contribution in [0.3, 0.4) is 0 Å². The van der Waals surface area contributed by atoms with E-state index < -0.39 is 0 Å². The van der Waals surface area contributed by atoms with Crippen molar-refractivity contribution < 1.29 is 0 Å². The predicted molar refractivity (Wildman–Crippen MR) is 39.6 cm³/mol. The number of piperidine rings is 1. The topological polar surface area (TPSA) is 12.0 Å². The zero-order valence-electron chi connectivity index (χ0n) is 4.53. The Labute approximate surface area is 62.9 Å². The van der Waals surface area contributed by atoms with E-state index in [1.54, 1.807) is 0 Å². The molecule has 1 nitrogen and oxygen atoms in total. The second-order valence-electron chi connectivity index (χ2n) is 2.04. The van der Waals surface area contributed by atoms with E-state index in [1.807, 2.05) is 0 Å². The molecule has 1 aliphatic rings. The molecule has 0 spiro atoms. The molecule has 1 heterocycles. The molecule has 0 aromatic rings. The number of rotatable bonds is 0. The standard InChI is InChI=1S/C5H9BrClN/c6-5-3-4(7)1-2-8-5/h4-5,8H,1-3H2. The van der Waals surface area contributed by atoms with Crippen LogP contribution >= 0.6 is 27.5 Å². The first-order chi connectivity index (χ1) is 3.79. The van der Waals surface area contributed by atoms with Gasteiger partial charge in [0.05, 0.1) is 4.95 Å². The van der Waals surface area contributed by atoms with Crippen molar-refractivity contribution in [1.82, 2.24) is 5.32 Å². The monoisotopic (exact) mass is 197 g/mol. The highest BCUT2D eigenvalue weighted by Crippen LogP contribution is 2.17. The van der Waals surface area contributed by atoms with E-state index >= 15 is 0 Å². The normalized spacial score (nSPS) is 39.8. The van der Waals surface area contributed by atoms with Gasteiger partial charge in [0, 0.05) is 5.38 Å². The Bertz CT molecular complexity index is 70.8. The SMILES string of the molecule is ClC1CCNC(Br)C1. The Balaban J connectivity index is 2.23. The lowest BCUT2D eigenvalue weighted by molar-refractivity contribution is 0.504. The molecule has 1 fully saturated rings. The lowest BCUT2D eigenvalue weighted by Crippen LogP contribution is -2.34. The van der Waals surface area contributed by atoms with Crippen molar-refractivity contribution in [2.24, 2.45) is 0 Å². The van der Waals surface area contributed by atoms with E-state index in [-0.39, 0.29) is 0 Å². The van der Waals surface area contributed by atoms with E-state index in [0.717, 1.165) is 19.4 Å². The first-order valence-electron chi connectivity index (χ1n) is 2.80. The van der Waals surface area contributed by atoms with Crippen LogP contribution in [0.2, 0.25) is 0 Å². The Hall–Kier alpha value is 0.730. The fourth-order valence-electron chi connectivity index (χ4n) is 0.822. The number of alkyl halides is 2. The first-order valence-corrected chi connectivity index (χ1v) is 4.16. The van der Waals surface area contributed by atoms with Gasteiger partial charge in [-0.25, -0.2) is 0 Å². The average molecular weight is 198 g/mol. The van der Waals surface area contributed by atoms with Gasteiger partial charge in [0.25, 0.3) is 0 Å². The molecule has 2 unspecified atom stereocenters. The van der Waals surface area contributed by atoms with Gasteiger partial charge in [-0.1, -0.05) is 15.9 Å². The molecular formula is C5H9BrClN. The number of nitrogens with one attached hydrogen (secondary N) is 1. The fourth-order valence-corrected chi connectivity index (χ4v) is 2.00. The molecule has 0 aromatic heterocycles. The minimum atomic E-state index is 0.376. The van der Waals surface area contributed by atoms with Crippen molar-refractivity contribution >= 4 is 27.5 Å². The van der Waals surface area contributed by atoms with Crippen LogP contribution in [0.25, 0.3) is 0 Å². The lowest BCUT2D eigenvalue weighted by Gasteiger charge is -2.21. The largest absolute Gasteiger partial charge is 0.305 e. The minimum Gasteiger partial charge on any atom is -0.305 e. The molecule has 1 N–H and O–H groups in total. The van der Waals surface area contributed by atoms with Crippen LogP contribution in [-0.2, 0) is 0 Å². The van der Waals surface area contributed by atoms with Gasteiger partial charge in [0.1, 0.15) is 0 Å². The number of hydrogen-bond donors (Lipinski definition) is 1. The molecule has 2 atom stereocenters. The van der Waals surface area contributed by atoms with E-state index in [1.165, 1.54) is 0 Å². The Morgan fingerprint density at radius 2 is 2.38 bits per heavy atom. The third kappa shape index (κ3) is 1.92. The van der Waals surface area contributed by atoms with Gasteiger partial charge in [-0.15, -0.1) is 11.6 Å². The molecule has 48 valence electrons. The third-order valence-electron chi connectivity index (χ3n) is 1.29. The Morgan fingerprint density at radius 1 is 1.62 bits per heavy atom. The van der Waals surface area contributed by atoms with Gasteiger partial charge in [-0.2, -0.15) is 0 Å². The maximum Gasteiger partial charge on any atom is 0.0644 e. The highest BCUT2D eigenvalue weighted by atomic mass is 79.9. The number of hydrogen-bond acceptors (Lipinski definition) is 1. The van der Waals surface area contributed by atoms with Crippen molar-refractivity contribution in [3.63, 3.8) is 0 Å². The fraction of sp³-hybridized carbons (Fsp3) is 1.00. The van der Waals surface area contributed by atoms with Crippen molar-refractivity contribution in [2.45, 2.75) is 23.2 Å². The third-order valence-corrected chi connectivity index (χ3v) is 2.38. The minimum absolute atomic E-state index is 0.376. The molecule has 0 aliphatic carbocycles. The highest BCUT2D eigenvalue weighted by molar-refractivity contribution is 9.09. The summed E-state index contributed by atoms with van der Waals surface area (Å²) in [6, 6.07) is 0. The molecule has 1 aliphatic heterocycles. The summed E-state index contributed by atoms with van der Waals surface area (Å²) in [7, 11) is 0. The molecule has 8 heavy (non-hydrogen) atoms. The van der Waals surface area contributed by atoms with E-state index in [0.29, 0.717) is 10.3 Å². The summed E-state index contributed by atoms with van der Waals surface area (Å²) in [5, 5.41) is 3.62. The molecule has 0 saturated carbocycles. The van der Waals surface area contributed by atoms with E-state index in [9.17, 15) is 0 Å². The smallest absolute Gasteiger partial charge is 0.0644 e. The molecule has 1 rings (SSSR count). The van der Waals surface area contributed by atoms with Gasteiger partial charge < -0.3 is 5.32 Å². The number of halogens is 2. The molecule has 1 saturated heterocycles. The van der Waals surface area contributed by atoms with Crippen molar-refractivity contribution in [2.75, 3.05) is 6.54 Å². The maximum absolute atomic E-state index is 5.84. The van der Waals surface area contributed by atoms with Gasteiger partial charge in [-0.05, 0) is 19.4 Å². The van der Waals surface area contributed by atoms with Crippen LogP contribution in [-0.4, -0.2) is 16.9 Å². The van der Waals surface area contributed by atoms with Crippen LogP contribution < -0.4 is 5.32 Å². The van der Waals surface area contributed by atoms with Gasteiger partial charge in [0.2, 0.25) is 0 Å². The predicted octanol–water partition coefficient (Wildman–Crippen LogP) is 1.70. The van der Waals surface area contributed by atoms with E-state index in [4.69, 9.17) is 11.6 Å². The van der Waals surface area contributed by atoms with E-state index in [2.05, 4.69) is 21.2 Å². The summed E-state index contributed by atoms with van der Waals surface area (Å²) in [5.74, 6) is 0. The summed E-state index contributed by atoms with van der Waals surface area (Å²) < 4.78 is 0. The highest BCUT2D eigenvalue weighted by Gasteiger charge is 2.15. The second-order valence-corrected chi connectivity index (χ2v) is 3.77. The first kappa shape index (κ1) is 6.84. The quantitative estimate of drug-likeness (QED) is 0.461. The summed E-state index contributed by atoms with van der Waals surface area (Å²) in [5.41, 5.74) is 0. The molecule has 0 bridgehead atoms. The lowest BCUT2D eigenvalue weighted by atomic mass is 10.2. The van der Waals surface area contributed by atoms with Crippen LogP contribution in [0.5, 0.6) is 0 Å². The maximum atomic E-state index is 5.84. The zero-order chi connectivity index (χ0) is 5.98. The van der Waals surface area contributed by atoms with Gasteiger partial charge in [0.15, 0.2) is 0 Å². The second kappa shape index (κ2) is 3.04. The Kier molecular flexibility index (Phi) is 2.60. The van der Waals surface area contributed by atoms with Crippen LogP contribution in [0.1, 0.15) is 12.8 Å². The van der Waals surface area contributed by atoms with Crippen molar-refractivity contribution in [3.8, 4) is 0 Å². The summed E-state index contributed by atoms with van der Waals surface area (Å²) in [6.07, 6.45) is 2.14. The van der Waals surface area contributed by atoms with Gasteiger partial charge in [-0.3, -0.25) is 0 Å².